The number of nitrogens with one attached hydrogen (secondary N) is 2. The van der Waals surface area contributed by atoms with Crippen LogP contribution in [-0.4, -0.2) is 65.4 Å². The molecular weight excluding hydrogens is 409 g/mol. The predicted octanol–water partition coefficient (Wildman–Crippen LogP) is 1.84. The number of aryl methyl sites for hydroxylation is 1. The Kier molecular flexibility index (Phi) is 7.37. The number of anilines is 1. The van der Waals surface area contributed by atoms with Crippen LogP contribution in [0.4, 0.5) is 18.9 Å². The number of guanidine groups is 1. The van der Waals surface area contributed by atoms with Crippen LogP contribution in [-0.2, 0) is 26.3 Å². The lowest BCUT2D eigenvalue weighted by molar-refractivity contribution is -0.137. The summed E-state index contributed by atoms with van der Waals surface area (Å²) in [5.41, 5.74) is 0.692. The summed E-state index contributed by atoms with van der Waals surface area (Å²) in [6.45, 7) is 6.34. The van der Waals surface area contributed by atoms with Gasteiger partial charge in [0.2, 0.25) is 0 Å². The van der Waals surface area contributed by atoms with Gasteiger partial charge in [0.25, 0.3) is 0 Å². The highest BCUT2D eigenvalue weighted by Crippen LogP contribution is 2.33. The number of hydrogen-bond acceptors (Lipinski definition) is 5. The number of rotatable bonds is 6. The van der Waals surface area contributed by atoms with Crippen molar-refractivity contribution in [2.75, 3.05) is 44.7 Å². The normalized spacial score (nSPS) is 15.9. The topological polar surface area (TPSA) is 73.6 Å². The maximum absolute atomic E-state index is 13.3. The highest BCUT2D eigenvalue weighted by molar-refractivity contribution is 5.79. The molecule has 0 atom stereocenters. The number of piperazine rings is 1. The lowest BCUT2D eigenvalue weighted by Crippen LogP contribution is -2.44. The van der Waals surface area contributed by atoms with Gasteiger partial charge in [0.1, 0.15) is 12.2 Å². The molecule has 3 rings (SSSR count). The Balaban J connectivity index is 1.82. The van der Waals surface area contributed by atoms with Gasteiger partial charge in [-0.25, -0.2) is 9.98 Å². The maximum Gasteiger partial charge on any atom is 0.416 e. The molecule has 0 bridgehead atoms. The zero-order valence-electron chi connectivity index (χ0n) is 18.1. The van der Waals surface area contributed by atoms with Crippen molar-refractivity contribution in [1.29, 1.82) is 0 Å². The van der Waals surface area contributed by atoms with E-state index in [1.54, 1.807) is 17.8 Å². The van der Waals surface area contributed by atoms with E-state index in [0.717, 1.165) is 43.8 Å². The van der Waals surface area contributed by atoms with Crippen LogP contribution in [0, 0.1) is 0 Å². The Labute approximate surface area is 180 Å². The van der Waals surface area contributed by atoms with Crippen molar-refractivity contribution in [3.8, 4) is 0 Å². The van der Waals surface area contributed by atoms with E-state index in [4.69, 9.17) is 0 Å². The Morgan fingerprint density at radius 2 is 1.87 bits per heavy atom. The van der Waals surface area contributed by atoms with Crippen LogP contribution in [0.3, 0.4) is 0 Å². The molecule has 1 aliphatic rings. The Morgan fingerprint density at radius 3 is 2.48 bits per heavy atom. The molecule has 0 aliphatic carbocycles. The summed E-state index contributed by atoms with van der Waals surface area (Å²) >= 11 is 0. The molecule has 0 spiro atoms. The summed E-state index contributed by atoms with van der Waals surface area (Å²) in [5.74, 6) is 1.23. The number of likely N-dealkylation sites (N-methyl/N-ethyl adjacent to an activating group) is 1. The number of halogens is 3. The third kappa shape index (κ3) is 6.09. The van der Waals surface area contributed by atoms with Gasteiger partial charge < -0.3 is 20.4 Å². The fourth-order valence-corrected chi connectivity index (χ4v) is 3.39. The second-order valence-corrected chi connectivity index (χ2v) is 7.48. The first kappa shape index (κ1) is 22.9. The van der Waals surface area contributed by atoms with Crippen LogP contribution in [0.1, 0.15) is 23.9 Å². The van der Waals surface area contributed by atoms with Crippen LogP contribution < -0.4 is 15.5 Å². The van der Waals surface area contributed by atoms with E-state index >= 15 is 0 Å². The van der Waals surface area contributed by atoms with E-state index < -0.39 is 11.7 Å². The Morgan fingerprint density at radius 1 is 1.13 bits per heavy atom. The van der Waals surface area contributed by atoms with Crippen LogP contribution >= 0.6 is 0 Å². The fraction of sp³-hybridized carbons (Fsp3) is 0.550. The second kappa shape index (κ2) is 9.99. The molecule has 0 unspecified atom stereocenters. The van der Waals surface area contributed by atoms with Gasteiger partial charge in [-0.15, -0.1) is 0 Å². The molecule has 11 heteroatoms. The molecule has 0 amide bonds. The SMILES string of the molecule is CCNC(=NCc1cc(C(F)(F)F)ccc1N1CCN(C)CC1)NCc1ncnn1C. The van der Waals surface area contributed by atoms with E-state index in [1.165, 1.54) is 12.4 Å². The zero-order valence-corrected chi connectivity index (χ0v) is 18.1. The highest BCUT2D eigenvalue weighted by atomic mass is 19.4. The van der Waals surface area contributed by atoms with Gasteiger partial charge >= 0.3 is 6.18 Å². The van der Waals surface area contributed by atoms with E-state index in [2.05, 4.69) is 35.5 Å². The van der Waals surface area contributed by atoms with Gasteiger partial charge in [0.15, 0.2) is 5.96 Å². The van der Waals surface area contributed by atoms with Gasteiger partial charge in [0, 0.05) is 45.5 Å². The second-order valence-electron chi connectivity index (χ2n) is 7.48. The number of alkyl halides is 3. The number of aromatic nitrogens is 3. The molecule has 0 radical (unpaired) electrons. The Bertz CT molecular complexity index is 885. The molecule has 8 nitrogen and oxygen atoms in total. The van der Waals surface area contributed by atoms with Gasteiger partial charge in [-0.1, -0.05) is 0 Å². The molecule has 170 valence electrons. The molecule has 2 heterocycles. The molecule has 31 heavy (non-hydrogen) atoms. The van der Waals surface area contributed by atoms with Crippen LogP contribution in [0.5, 0.6) is 0 Å². The molecule has 0 saturated carbocycles. The average molecular weight is 439 g/mol. The lowest BCUT2D eigenvalue weighted by Gasteiger charge is -2.35. The van der Waals surface area contributed by atoms with Crippen LogP contribution in [0.15, 0.2) is 29.5 Å². The molecule has 1 saturated heterocycles. The summed E-state index contributed by atoms with van der Waals surface area (Å²) in [5, 5.41) is 10.3. The first-order valence-electron chi connectivity index (χ1n) is 10.3. The summed E-state index contributed by atoms with van der Waals surface area (Å²) in [6, 6.07) is 3.93. The van der Waals surface area contributed by atoms with Crippen molar-refractivity contribution in [2.45, 2.75) is 26.2 Å². The third-order valence-corrected chi connectivity index (χ3v) is 5.22. The number of nitrogens with zero attached hydrogens (tertiary/aromatic N) is 6. The monoisotopic (exact) mass is 438 g/mol. The number of benzene rings is 1. The summed E-state index contributed by atoms with van der Waals surface area (Å²) in [6.07, 6.45) is -2.93. The van der Waals surface area contributed by atoms with E-state index in [0.29, 0.717) is 24.6 Å². The number of hydrogen-bond donors (Lipinski definition) is 2. The largest absolute Gasteiger partial charge is 0.416 e. The maximum atomic E-state index is 13.3. The minimum Gasteiger partial charge on any atom is -0.369 e. The first-order chi connectivity index (χ1) is 14.8. The standard InChI is InChI=1S/C20H29F3N8/c1-4-24-19(26-13-18-27-14-28-30(18)3)25-12-15-11-16(20(21,22)23)5-6-17(15)31-9-7-29(2)8-10-31/h5-6,11,14H,4,7-10,12-13H2,1-3H3,(H2,24,25,26). The highest BCUT2D eigenvalue weighted by Gasteiger charge is 2.31. The van der Waals surface area contributed by atoms with Crippen LogP contribution in [0.2, 0.25) is 0 Å². The minimum atomic E-state index is -4.40. The molecular formula is C20H29F3N8. The first-order valence-corrected chi connectivity index (χ1v) is 10.3. The van der Waals surface area contributed by atoms with Crippen molar-refractivity contribution >= 4 is 11.6 Å². The molecule has 2 N–H and O–H groups in total. The van der Waals surface area contributed by atoms with Crippen LogP contribution in [0.25, 0.3) is 0 Å². The quantitative estimate of drug-likeness (QED) is 0.530. The summed E-state index contributed by atoms with van der Waals surface area (Å²) in [4.78, 5) is 13.0. The molecule has 1 aromatic carbocycles. The third-order valence-electron chi connectivity index (χ3n) is 5.22. The predicted molar refractivity (Wildman–Crippen MR) is 114 cm³/mol. The number of aliphatic imine (C=N–C) groups is 1. The van der Waals surface area contributed by atoms with Crippen molar-refractivity contribution in [3.05, 3.63) is 41.5 Å². The Hall–Kier alpha value is -2.82. The molecule has 1 aliphatic heterocycles. The lowest BCUT2D eigenvalue weighted by atomic mass is 10.1. The van der Waals surface area contributed by atoms with Crippen molar-refractivity contribution < 1.29 is 13.2 Å². The fourth-order valence-electron chi connectivity index (χ4n) is 3.39. The zero-order chi connectivity index (χ0) is 22.4. The van der Waals surface area contributed by atoms with E-state index in [1.807, 2.05) is 14.0 Å². The van der Waals surface area contributed by atoms with Crippen molar-refractivity contribution in [3.63, 3.8) is 0 Å². The smallest absolute Gasteiger partial charge is 0.369 e. The van der Waals surface area contributed by atoms with E-state index in [-0.39, 0.29) is 6.54 Å². The average Bonchev–Trinajstić information content (AvgIpc) is 3.14. The van der Waals surface area contributed by atoms with E-state index in [9.17, 15) is 13.2 Å². The van der Waals surface area contributed by atoms with Gasteiger partial charge in [-0.05, 0) is 37.7 Å². The molecule has 1 aromatic heterocycles. The minimum absolute atomic E-state index is 0.125. The molecule has 2 aromatic rings. The summed E-state index contributed by atoms with van der Waals surface area (Å²) in [7, 11) is 3.83. The van der Waals surface area contributed by atoms with Crippen molar-refractivity contribution in [1.82, 2.24) is 30.3 Å². The molecule has 1 fully saturated rings. The summed E-state index contributed by atoms with van der Waals surface area (Å²) < 4.78 is 41.6. The van der Waals surface area contributed by atoms with Gasteiger partial charge in [-0.3, -0.25) is 4.68 Å². The van der Waals surface area contributed by atoms with Crippen molar-refractivity contribution in [2.24, 2.45) is 12.0 Å². The van der Waals surface area contributed by atoms with Gasteiger partial charge in [-0.2, -0.15) is 18.3 Å². The van der Waals surface area contributed by atoms with Gasteiger partial charge in [0.05, 0.1) is 18.7 Å².